The molecule has 2 aromatic heterocycles. The van der Waals surface area contributed by atoms with Gasteiger partial charge < -0.3 is 4.74 Å². The van der Waals surface area contributed by atoms with Crippen LogP contribution in [-0.4, -0.2) is 22.5 Å². The molecular weight excluding hydrogens is 224 g/mol. The smallest absolute Gasteiger partial charge is 0.338 e. The topological polar surface area (TPSA) is 52.1 Å². The van der Waals surface area contributed by atoms with Gasteiger partial charge >= 0.3 is 5.97 Å². The van der Waals surface area contributed by atoms with E-state index >= 15 is 0 Å². The van der Waals surface area contributed by atoms with Gasteiger partial charge in [-0.05, 0) is 13.0 Å². The second-order valence-electron chi connectivity index (χ2n) is 3.05. The largest absolute Gasteiger partial charge is 0.462 e. The van der Waals surface area contributed by atoms with Crippen LogP contribution >= 0.6 is 11.3 Å². The first-order chi connectivity index (χ1) is 7.81. The Morgan fingerprint density at radius 1 is 1.44 bits per heavy atom. The van der Waals surface area contributed by atoms with Crippen LogP contribution in [0.3, 0.4) is 0 Å². The molecule has 0 radical (unpaired) electrons. The molecule has 82 valence electrons. The first-order valence-corrected chi connectivity index (χ1v) is 5.70. The molecule has 0 aliphatic carbocycles. The number of esters is 1. The van der Waals surface area contributed by atoms with Crippen molar-refractivity contribution >= 4 is 17.3 Å². The van der Waals surface area contributed by atoms with Gasteiger partial charge in [0.25, 0.3) is 0 Å². The third kappa shape index (κ3) is 2.25. The zero-order valence-electron chi connectivity index (χ0n) is 8.71. The van der Waals surface area contributed by atoms with E-state index in [9.17, 15) is 4.79 Å². The summed E-state index contributed by atoms with van der Waals surface area (Å²) in [5, 5.41) is 1.78. The van der Waals surface area contributed by atoms with Crippen LogP contribution in [0.15, 0.2) is 30.2 Å². The summed E-state index contributed by atoms with van der Waals surface area (Å²) in [6, 6.07) is 1.79. The van der Waals surface area contributed by atoms with Crippen molar-refractivity contribution in [3.8, 4) is 10.4 Å². The number of aromatic nitrogens is 2. The van der Waals surface area contributed by atoms with Gasteiger partial charge in [-0.15, -0.1) is 11.3 Å². The van der Waals surface area contributed by atoms with Crippen LogP contribution in [0.4, 0.5) is 0 Å². The molecule has 2 rings (SSSR count). The molecule has 0 unspecified atom stereocenters. The fourth-order valence-electron chi connectivity index (χ4n) is 1.24. The monoisotopic (exact) mass is 234 g/mol. The quantitative estimate of drug-likeness (QED) is 0.765. The van der Waals surface area contributed by atoms with Crippen molar-refractivity contribution in [1.82, 2.24) is 9.97 Å². The summed E-state index contributed by atoms with van der Waals surface area (Å²) in [4.78, 5) is 20.3. The van der Waals surface area contributed by atoms with Crippen LogP contribution in [0.25, 0.3) is 10.4 Å². The van der Waals surface area contributed by atoms with E-state index < -0.39 is 0 Å². The first-order valence-electron chi connectivity index (χ1n) is 4.82. The Labute approximate surface area is 96.9 Å². The Bertz CT molecular complexity index is 482. The van der Waals surface area contributed by atoms with E-state index in [1.807, 2.05) is 0 Å². The fourth-order valence-corrected chi connectivity index (χ4v) is 2.09. The Morgan fingerprint density at radius 2 is 2.19 bits per heavy atom. The van der Waals surface area contributed by atoms with Crippen molar-refractivity contribution in [1.29, 1.82) is 0 Å². The molecule has 0 aliphatic heterocycles. The van der Waals surface area contributed by atoms with Crippen LogP contribution in [0.1, 0.15) is 17.3 Å². The van der Waals surface area contributed by atoms with Crippen LogP contribution < -0.4 is 0 Å². The van der Waals surface area contributed by atoms with Gasteiger partial charge in [-0.3, -0.25) is 0 Å². The normalized spacial score (nSPS) is 10.1. The van der Waals surface area contributed by atoms with Crippen molar-refractivity contribution in [3.05, 3.63) is 35.7 Å². The molecule has 0 amide bonds. The summed E-state index contributed by atoms with van der Waals surface area (Å²) in [7, 11) is 0. The van der Waals surface area contributed by atoms with E-state index in [0.29, 0.717) is 12.2 Å². The molecule has 0 aromatic carbocycles. The lowest BCUT2D eigenvalue weighted by molar-refractivity contribution is 0.0527. The molecule has 0 aliphatic rings. The Hall–Kier alpha value is -1.75. The van der Waals surface area contributed by atoms with E-state index in [1.165, 1.54) is 17.7 Å². The van der Waals surface area contributed by atoms with Gasteiger partial charge in [-0.25, -0.2) is 14.8 Å². The maximum Gasteiger partial charge on any atom is 0.338 e. The predicted octanol–water partition coefficient (Wildman–Crippen LogP) is 2.38. The van der Waals surface area contributed by atoms with Crippen LogP contribution in [-0.2, 0) is 4.74 Å². The van der Waals surface area contributed by atoms with Crippen molar-refractivity contribution in [2.45, 2.75) is 6.92 Å². The van der Waals surface area contributed by atoms with E-state index in [0.717, 1.165) is 10.4 Å². The number of hydrogen-bond donors (Lipinski definition) is 0. The van der Waals surface area contributed by atoms with Gasteiger partial charge in [0.2, 0.25) is 0 Å². The lowest BCUT2D eigenvalue weighted by Gasteiger charge is -1.97. The zero-order valence-corrected chi connectivity index (χ0v) is 9.53. The van der Waals surface area contributed by atoms with E-state index in [2.05, 4.69) is 9.97 Å². The highest BCUT2D eigenvalue weighted by Gasteiger charge is 2.10. The molecule has 0 atom stereocenters. The maximum atomic E-state index is 11.4. The number of thiophene rings is 1. The average molecular weight is 234 g/mol. The summed E-state index contributed by atoms with van der Waals surface area (Å²) in [6.07, 6.45) is 4.91. The number of rotatable bonds is 3. The zero-order chi connectivity index (χ0) is 11.4. The molecule has 2 aromatic rings. The summed E-state index contributed by atoms with van der Waals surface area (Å²) >= 11 is 1.48. The van der Waals surface area contributed by atoms with Crippen molar-refractivity contribution < 1.29 is 9.53 Å². The number of carbonyl (C=O) groups excluding carboxylic acids is 1. The Kier molecular flexibility index (Phi) is 3.26. The first kappa shape index (κ1) is 10.8. The van der Waals surface area contributed by atoms with Crippen LogP contribution in [0.2, 0.25) is 0 Å². The number of nitrogens with zero attached hydrogens (tertiary/aromatic N) is 2. The third-order valence-electron chi connectivity index (χ3n) is 1.96. The summed E-state index contributed by atoms with van der Waals surface area (Å²) in [5.74, 6) is -0.290. The Balaban J connectivity index is 2.23. The van der Waals surface area contributed by atoms with Crippen molar-refractivity contribution in [2.75, 3.05) is 6.61 Å². The number of ether oxygens (including phenoxy) is 1. The van der Waals surface area contributed by atoms with Crippen molar-refractivity contribution in [2.24, 2.45) is 0 Å². The third-order valence-corrected chi connectivity index (χ3v) is 2.93. The molecule has 0 bridgehead atoms. The molecule has 0 saturated carbocycles. The minimum atomic E-state index is -0.290. The second-order valence-corrected chi connectivity index (χ2v) is 3.96. The number of hydrogen-bond acceptors (Lipinski definition) is 5. The second kappa shape index (κ2) is 4.85. The molecule has 0 spiro atoms. The van der Waals surface area contributed by atoms with Gasteiger partial charge in [-0.2, -0.15) is 0 Å². The van der Waals surface area contributed by atoms with Gasteiger partial charge in [0.05, 0.1) is 12.2 Å². The van der Waals surface area contributed by atoms with E-state index in [1.54, 1.807) is 30.8 Å². The highest BCUT2D eigenvalue weighted by molar-refractivity contribution is 7.13. The minimum absolute atomic E-state index is 0.290. The minimum Gasteiger partial charge on any atom is -0.462 e. The standard InChI is InChI=1S/C11H10N2O2S/c1-2-15-11(14)8-3-10(16-6-8)9-4-12-7-13-5-9/h3-7H,2H2,1H3. The van der Waals surface area contributed by atoms with Gasteiger partial charge in [0.1, 0.15) is 6.33 Å². The fraction of sp³-hybridized carbons (Fsp3) is 0.182. The van der Waals surface area contributed by atoms with Gasteiger partial charge in [0.15, 0.2) is 0 Å². The highest BCUT2D eigenvalue weighted by Crippen LogP contribution is 2.26. The molecule has 5 heteroatoms. The maximum absolute atomic E-state index is 11.4. The van der Waals surface area contributed by atoms with E-state index in [4.69, 9.17) is 4.74 Å². The molecule has 0 N–H and O–H groups in total. The summed E-state index contributed by atoms with van der Waals surface area (Å²) < 4.78 is 4.91. The SMILES string of the molecule is CCOC(=O)c1csc(-c2cncnc2)c1. The molecule has 16 heavy (non-hydrogen) atoms. The summed E-state index contributed by atoms with van der Waals surface area (Å²) in [6.45, 7) is 2.18. The molecular formula is C11H10N2O2S. The Morgan fingerprint density at radius 3 is 2.88 bits per heavy atom. The van der Waals surface area contributed by atoms with Gasteiger partial charge in [0, 0.05) is 28.2 Å². The highest BCUT2D eigenvalue weighted by atomic mass is 32.1. The molecule has 2 heterocycles. The summed E-state index contributed by atoms with van der Waals surface area (Å²) in [5.41, 5.74) is 1.48. The lowest BCUT2D eigenvalue weighted by Crippen LogP contribution is -2.02. The van der Waals surface area contributed by atoms with Crippen LogP contribution in [0, 0.1) is 0 Å². The number of carbonyl (C=O) groups is 1. The molecule has 0 saturated heterocycles. The van der Waals surface area contributed by atoms with Gasteiger partial charge in [-0.1, -0.05) is 0 Å². The van der Waals surface area contributed by atoms with Crippen molar-refractivity contribution in [3.63, 3.8) is 0 Å². The molecule has 0 fully saturated rings. The predicted molar refractivity (Wildman–Crippen MR) is 61.3 cm³/mol. The van der Waals surface area contributed by atoms with Crippen LogP contribution in [0.5, 0.6) is 0 Å². The van der Waals surface area contributed by atoms with E-state index in [-0.39, 0.29) is 5.97 Å². The average Bonchev–Trinajstić information content (AvgIpc) is 2.80. The lowest BCUT2D eigenvalue weighted by atomic mass is 10.2. The molecule has 4 nitrogen and oxygen atoms in total.